The van der Waals surface area contributed by atoms with Crippen LogP contribution in [0.1, 0.15) is 55.5 Å². The van der Waals surface area contributed by atoms with Crippen LogP contribution in [0, 0.1) is 5.92 Å². The van der Waals surface area contributed by atoms with Gasteiger partial charge in [-0.25, -0.2) is 0 Å². The molecule has 1 aliphatic heterocycles. The van der Waals surface area contributed by atoms with E-state index in [1.165, 1.54) is 22.4 Å². The molecule has 0 unspecified atom stereocenters. The molecule has 7 heteroatoms. The zero-order valence-electron chi connectivity index (χ0n) is 18.7. The number of piperidine rings is 1. The van der Waals surface area contributed by atoms with Crippen molar-refractivity contribution < 1.29 is 14.3 Å². The van der Waals surface area contributed by atoms with Crippen molar-refractivity contribution in [3.05, 3.63) is 58.0 Å². The summed E-state index contributed by atoms with van der Waals surface area (Å²) in [5, 5.41) is 2.59. The lowest BCUT2D eigenvalue weighted by Crippen LogP contribution is -2.38. The molecule has 1 saturated heterocycles. The number of hydrogen-bond donors (Lipinski definition) is 1. The Balaban J connectivity index is 1.65. The van der Waals surface area contributed by atoms with Gasteiger partial charge in [0.2, 0.25) is 0 Å². The van der Waals surface area contributed by atoms with Gasteiger partial charge in [0.25, 0.3) is 17.4 Å². The highest BCUT2D eigenvalue weighted by molar-refractivity contribution is 5.97. The van der Waals surface area contributed by atoms with E-state index in [9.17, 15) is 14.4 Å². The number of ether oxygens (including phenoxy) is 1. The second kappa shape index (κ2) is 9.81. The fourth-order valence-electron chi connectivity index (χ4n) is 3.60. The third-order valence-corrected chi connectivity index (χ3v) is 5.69. The summed E-state index contributed by atoms with van der Waals surface area (Å²) in [5.41, 5.74) is 1.27. The number of carbonyl (C=O) groups is 2. The molecule has 3 rings (SSSR count). The van der Waals surface area contributed by atoms with Crippen LogP contribution in [-0.4, -0.2) is 41.0 Å². The first kappa shape index (κ1) is 22.6. The van der Waals surface area contributed by atoms with E-state index in [1.807, 2.05) is 24.3 Å². The molecule has 2 aromatic rings. The van der Waals surface area contributed by atoms with Crippen molar-refractivity contribution in [1.82, 2.24) is 9.47 Å². The quantitative estimate of drug-likeness (QED) is 0.769. The van der Waals surface area contributed by atoms with E-state index in [0.29, 0.717) is 36.2 Å². The Bertz CT molecular complexity index is 987. The van der Waals surface area contributed by atoms with Crippen molar-refractivity contribution in [2.45, 2.75) is 39.5 Å². The number of amides is 2. The van der Waals surface area contributed by atoms with Gasteiger partial charge in [-0.3, -0.25) is 14.4 Å². The molecule has 0 radical (unpaired) electrons. The van der Waals surface area contributed by atoms with E-state index in [1.54, 1.807) is 11.9 Å². The number of hydrogen-bond acceptors (Lipinski definition) is 4. The molecule has 0 spiro atoms. The van der Waals surface area contributed by atoms with Crippen LogP contribution in [0.2, 0.25) is 0 Å². The molecule has 2 heterocycles. The summed E-state index contributed by atoms with van der Waals surface area (Å²) in [7, 11) is 1.57. The maximum atomic E-state index is 12.9. The SMILES string of the molecule is CC1CCN(C(=O)c2cc(NC(=O)COc3ccc(C(C)C)cc3)c(=O)n(C)c2)CC1. The number of rotatable bonds is 6. The Kier molecular flexibility index (Phi) is 7.15. The summed E-state index contributed by atoms with van der Waals surface area (Å²) in [6.07, 6.45) is 3.46. The van der Waals surface area contributed by atoms with Gasteiger partial charge >= 0.3 is 0 Å². The van der Waals surface area contributed by atoms with Crippen LogP contribution >= 0.6 is 0 Å². The summed E-state index contributed by atoms with van der Waals surface area (Å²) in [6, 6.07) is 9.02. The van der Waals surface area contributed by atoms with Crippen LogP contribution in [0.4, 0.5) is 5.69 Å². The number of aryl methyl sites for hydroxylation is 1. The van der Waals surface area contributed by atoms with E-state index in [2.05, 4.69) is 26.1 Å². The van der Waals surface area contributed by atoms with Crippen LogP contribution in [0.5, 0.6) is 5.75 Å². The molecule has 1 N–H and O–H groups in total. The molecule has 0 aliphatic carbocycles. The largest absolute Gasteiger partial charge is 0.484 e. The van der Waals surface area contributed by atoms with Gasteiger partial charge in [-0.1, -0.05) is 32.9 Å². The number of anilines is 1. The topological polar surface area (TPSA) is 80.6 Å². The van der Waals surface area contributed by atoms with Crippen molar-refractivity contribution in [3.63, 3.8) is 0 Å². The van der Waals surface area contributed by atoms with Crippen molar-refractivity contribution in [2.75, 3.05) is 25.0 Å². The predicted octanol–water partition coefficient (Wildman–Crippen LogP) is 3.40. The minimum absolute atomic E-state index is 0.0717. The summed E-state index contributed by atoms with van der Waals surface area (Å²) in [5.74, 6) is 1.02. The highest BCUT2D eigenvalue weighted by atomic mass is 16.5. The first-order valence-electron chi connectivity index (χ1n) is 10.8. The lowest BCUT2D eigenvalue weighted by molar-refractivity contribution is -0.118. The van der Waals surface area contributed by atoms with Crippen molar-refractivity contribution >= 4 is 17.5 Å². The van der Waals surface area contributed by atoms with Crippen LogP contribution in [-0.2, 0) is 11.8 Å². The second-order valence-corrected chi connectivity index (χ2v) is 8.59. The normalized spacial score (nSPS) is 14.5. The van der Waals surface area contributed by atoms with Gasteiger partial charge < -0.3 is 19.5 Å². The van der Waals surface area contributed by atoms with Crippen molar-refractivity contribution in [3.8, 4) is 5.75 Å². The average Bonchev–Trinajstić information content (AvgIpc) is 2.75. The summed E-state index contributed by atoms with van der Waals surface area (Å²) < 4.78 is 6.85. The highest BCUT2D eigenvalue weighted by Gasteiger charge is 2.23. The van der Waals surface area contributed by atoms with Crippen LogP contribution in [0.25, 0.3) is 0 Å². The molecule has 0 bridgehead atoms. The molecule has 31 heavy (non-hydrogen) atoms. The predicted molar refractivity (Wildman–Crippen MR) is 121 cm³/mol. The zero-order chi connectivity index (χ0) is 22.5. The number of nitrogens with zero attached hydrogens (tertiary/aromatic N) is 2. The molecule has 1 aliphatic rings. The first-order chi connectivity index (χ1) is 14.7. The molecule has 166 valence electrons. The minimum atomic E-state index is -0.457. The minimum Gasteiger partial charge on any atom is -0.484 e. The van der Waals surface area contributed by atoms with Crippen LogP contribution < -0.4 is 15.6 Å². The van der Waals surface area contributed by atoms with Crippen molar-refractivity contribution in [1.29, 1.82) is 0 Å². The monoisotopic (exact) mass is 425 g/mol. The molecule has 2 amide bonds. The van der Waals surface area contributed by atoms with Gasteiger partial charge in [-0.05, 0) is 48.4 Å². The third kappa shape index (κ3) is 5.75. The fraction of sp³-hybridized carbons (Fsp3) is 0.458. The van der Waals surface area contributed by atoms with Gasteiger partial charge in [0, 0.05) is 26.3 Å². The molecule has 1 aromatic carbocycles. The number of nitrogens with one attached hydrogen (secondary N) is 1. The second-order valence-electron chi connectivity index (χ2n) is 8.59. The Morgan fingerprint density at radius 1 is 1.16 bits per heavy atom. The number of aromatic nitrogens is 1. The summed E-state index contributed by atoms with van der Waals surface area (Å²) in [4.78, 5) is 39.5. The lowest BCUT2D eigenvalue weighted by Gasteiger charge is -2.30. The van der Waals surface area contributed by atoms with Crippen LogP contribution in [0.3, 0.4) is 0 Å². The number of carbonyl (C=O) groups excluding carboxylic acids is 2. The van der Waals surface area contributed by atoms with Gasteiger partial charge in [-0.2, -0.15) is 0 Å². The molecule has 1 aromatic heterocycles. The van der Waals surface area contributed by atoms with Gasteiger partial charge in [0.05, 0.1) is 5.56 Å². The Morgan fingerprint density at radius 2 is 1.81 bits per heavy atom. The van der Waals surface area contributed by atoms with E-state index in [-0.39, 0.29) is 23.8 Å². The summed E-state index contributed by atoms with van der Waals surface area (Å²) >= 11 is 0. The molecular formula is C24H31N3O4. The Morgan fingerprint density at radius 3 is 2.42 bits per heavy atom. The Hall–Kier alpha value is -3.09. The van der Waals surface area contributed by atoms with E-state index < -0.39 is 5.91 Å². The van der Waals surface area contributed by atoms with E-state index in [4.69, 9.17) is 4.74 Å². The highest BCUT2D eigenvalue weighted by Crippen LogP contribution is 2.20. The molecule has 0 atom stereocenters. The molecule has 7 nitrogen and oxygen atoms in total. The van der Waals surface area contributed by atoms with Gasteiger partial charge in [-0.15, -0.1) is 0 Å². The Labute approximate surface area is 183 Å². The van der Waals surface area contributed by atoms with E-state index in [0.717, 1.165) is 12.8 Å². The van der Waals surface area contributed by atoms with Crippen LogP contribution in [0.15, 0.2) is 41.3 Å². The third-order valence-electron chi connectivity index (χ3n) is 5.69. The number of benzene rings is 1. The zero-order valence-corrected chi connectivity index (χ0v) is 18.7. The number of likely N-dealkylation sites (tertiary alicyclic amines) is 1. The average molecular weight is 426 g/mol. The maximum absolute atomic E-state index is 12.9. The van der Waals surface area contributed by atoms with E-state index >= 15 is 0 Å². The maximum Gasteiger partial charge on any atom is 0.274 e. The standard InChI is InChI=1S/C24H31N3O4/c1-16(2)18-5-7-20(8-6-18)31-15-22(28)25-21-13-19(14-26(4)24(21)30)23(29)27-11-9-17(3)10-12-27/h5-8,13-14,16-17H,9-12,15H2,1-4H3,(H,25,28). The summed E-state index contributed by atoms with van der Waals surface area (Å²) in [6.45, 7) is 7.57. The van der Waals surface area contributed by atoms with Crippen molar-refractivity contribution in [2.24, 2.45) is 13.0 Å². The number of pyridine rings is 1. The molecular weight excluding hydrogens is 394 g/mol. The lowest BCUT2D eigenvalue weighted by atomic mass is 9.99. The van der Waals surface area contributed by atoms with Gasteiger partial charge in [0.1, 0.15) is 11.4 Å². The first-order valence-corrected chi connectivity index (χ1v) is 10.8. The van der Waals surface area contributed by atoms with Gasteiger partial charge in [0.15, 0.2) is 6.61 Å². The molecule has 0 saturated carbocycles. The smallest absolute Gasteiger partial charge is 0.274 e. The molecule has 1 fully saturated rings. The fourth-order valence-corrected chi connectivity index (χ4v) is 3.60.